The van der Waals surface area contributed by atoms with Crippen LogP contribution in [-0.4, -0.2) is 24.9 Å². The van der Waals surface area contributed by atoms with Gasteiger partial charge in [-0.05, 0) is 12.5 Å². The molecule has 2 heterocycles. The van der Waals surface area contributed by atoms with Crippen molar-refractivity contribution in [2.75, 3.05) is 19.8 Å². The van der Waals surface area contributed by atoms with Gasteiger partial charge in [-0.15, -0.1) is 0 Å². The van der Waals surface area contributed by atoms with Crippen molar-refractivity contribution in [2.24, 2.45) is 0 Å². The van der Waals surface area contributed by atoms with Crippen LogP contribution in [-0.2, 0) is 10.2 Å². The highest BCUT2D eigenvalue weighted by atomic mass is 16.5. The fraction of sp³-hybridized carbons (Fsp3) is 0.385. The van der Waals surface area contributed by atoms with Gasteiger partial charge < -0.3 is 14.3 Å². The molecule has 3 rings (SSSR count). The van der Waals surface area contributed by atoms with Gasteiger partial charge >= 0.3 is 0 Å². The standard InChI is InChI=1S/C13H14O3/c14-6-5-13(8-15-9-13)11-7-16-12-4-2-1-3-10(11)12/h1-4,7,14H,5-6,8-9H2. The average Bonchev–Trinajstić information content (AvgIpc) is 2.68. The zero-order valence-corrected chi connectivity index (χ0v) is 8.98. The van der Waals surface area contributed by atoms with E-state index >= 15 is 0 Å². The van der Waals surface area contributed by atoms with Gasteiger partial charge in [0, 0.05) is 23.0 Å². The molecular formula is C13H14O3. The third kappa shape index (κ3) is 1.29. The second-order valence-corrected chi connectivity index (χ2v) is 4.39. The summed E-state index contributed by atoms with van der Waals surface area (Å²) in [6, 6.07) is 8.00. The molecule has 3 heteroatoms. The molecule has 0 atom stereocenters. The monoisotopic (exact) mass is 218 g/mol. The number of para-hydroxylation sites is 1. The Morgan fingerprint density at radius 2 is 2.06 bits per heavy atom. The summed E-state index contributed by atoms with van der Waals surface area (Å²) in [4.78, 5) is 0. The minimum atomic E-state index is -0.0403. The fourth-order valence-corrected chi connectivity index (χ4v) is 2.39. The van der Waals surface area contributed by atoms with Gasteiger partial charge in [-0.3, -0.25) is 0 Å². The summed E-state index contributed by atoms with van der Waals surface area (Å²) in [7, 11) is 0. The SMILES string of the molecule is OCCC1(c2coc3ccccc23)COC1. The van der Waals surface area contributed by atoms with Gasteiger partial charge in [-0.2, -0.15) is 0 Å². The van der Waals surface area contributed by atoms with Gasteiger partial charge in [0.1, 0.15) is 5.58 Å². The molecule has 3 nitrogen and oxygen atoms in total. The summed E-state index contributed by atoms with van der Waals surface area (Å²) >= 11 is 0. The molecule has 0 spiro atoms. The van der Waals surface area contributed by atoms with Crippen LogP contribution in [0.3, 0.4) is 0 Å². The molecule has 0 unspecified atom stereocenters. The predicted octanol–water partition coefficient (Wildman–Crippen LogP) is 2.08. The van der Waals surface area contributed by atoms with E-state index in [1.165, 1.54) is 5.56 Å². The first-order valence-electron chi connectivity index (χ1n) is 5.51. The van der Waals surface area contributed by atoms with Crippen molar-refractivity contribution in [2.45, 2.75) is 11.8 Å². The molecule has 0 amide bonds. The zero-order chi connectivity index (χ0) is 11.0. The van der Waals surface area contributed by atoms with Crippen LogP contribution in [0.25, 0.3) is 11.0 Å². The van der Waals surface area contributed by atoms with E-state index in [1.54, 1.807) is 0 Å². The minimum absolute atomic E-state index is 0.0403. The summed E-state index contributed by atoms with van der Waals surface area (Å²) < 4.78 is 10.9. The van der Waals surface area contributed by atoms with Crippen LogP contribution in [0, 0.1) is 0 Å². The summed E-state index contributed by atoms with van der Waals surface area (Å²) in [5.41, 5.74) is 2.03. The lowest BCUT2D eigenvalue weighted by Crippen LogP contribution is -2.47. The van der Waals surface area contributed by atoms with Crippen molar-refractivity contribution in [1.29, 1.82) is 0 Å². The molecule has 16 heavy (non-hydrogen) atoms. The van der Waals surface area contributed by atoms with Crippen LogP contribution in [0.5, 0.6) is 0 Å². The highest BCUT2D eigenvalue weighted by Gasteiger charge is 2.41. The normalized spacial score (nSPS) is 18.6. The number of furan rings is 1. The molecule has 0 bridgehead atoms. The number of ether oxygens (including phenoxy) is 1. The number of hydrogen-bond donors (Lipinski definition) is 1. The van der Waals surface area contributed by atoms with E-state index in [9.17, 15) is 0 Å². The molecule has 1 aromatic heterocycles. The molecule has 1 aromatic carbocycles. The lowest BCUT2D eigenvalue weighted by molar-refractivity contribution is -0.0696. The highest BCUT2D eigenvalue weighted by molar-refractivity contribution is 5.82. The maximum absolute atomic E-state index is 9.15. The predicted molar refractivity (Wildman–Crippen MR) is 60.4 cm³/mol. The van der Waals surface area contributed by atoms with Crippen molar-refractivity contribution in [1.82, 2.24) is 0 Å². The van der Waals surface area contributed by atoms with Gasteiger partial charge in [0.15, 0.2) is 0 Å². The molecule has 1 fully saturated rings. The van der Waals surface area contributed by atoms with Crippen molar-refractivity contribution >= 4 is 11.0 Å². The molecule has 0 aliphatic carbocycles. The van der Waals surface area contributed by atoms with Crippen molar-refractivity contribution in [3.05, 3.63) is 36.1 Å². The number of aliphatic hydroxyl groups is 1. The first-order valence-corrected chi connectivity index (χ1v) is 5.51. The number of hydrogen-bond acceptors (Lipinski definition) is 3. The number of rotatable bonds is 3. The summed E-state index contributed by atoms with van der Waals surface area (Å²) in [6.45, 7) is 1.54. The Bertz CT molecular complexity index is 497. The summed E-state index contributed by atoms with van der Waals surface area (Å²) in [6.07, 6.45) is 2.54. The molecule has 2 aromatic rings. The first kappa shape index (κ1) is 9.87. The molecule has 0 saturated carbocycles. The Kier molecular flexibility index (Phi) is 2.23. The van der Waals surface area contributed by atoms with Gasteiger partial charge in [0.25, 0.3) is 0 Å². The van der Waals surface area contributed by atoms with Crippen LogP contribution in [0.2, 0.25) is 0 Å². The maximum atomic E-state index is 9.15. The number of benzene rings is 1. The Morgan fingerprint density at radius 3 is 2.75 bits per heavy atom. The van der Waals surface area contributed by atoms with E-state index in [2.05, 4.69) is 6.07 Å². The lowest BCUT2D eigenvalue weighted by atomic mass is 9.76. The summed E-state index contributed by atoms with van der Waals surface area (Å²) in [5, 5.41) is 10.3. The van der Waals surface area contributed by atoms with E-state index in [0.29, 0.717) is 13.2 Å². The smallest absolute Gasteiger partial charge is 0.134 e. The third-order valence-corrected chi connectivity index (χ3v) is 3.40. The Labute approximate surface area is 93.6 Å². The Balaban J connectivity index is 2.10. The lowest BCUT2D eigenvalue weighted by Gasteiger charge is -2.40. The van der Waals surface area contributed by atoms with Crippen molar-refractivity contribution < 1.29 is 14.3 Å². The van der Waals surface area contributed by atoms with E-state index in [1.807, 2.05) is 24.5 Å². The van der Waals surface area contributed by atoms with Gasteiger partial charge in [0.05, 0.1) is 19.5 Å². The largest absolute Gasteiger partial charge is 0.464 e. The van der Waals surface area contributed by atoms with Crippen LogP contribution < -0.4 is 0 Å². The maximum Gasteiger partial charge on any atom is 0.134 e. The van der Waals surface area contributed by atoms with Crippen molar-refractivity contribution in [3.63, 3.8) is 0 Å². The van der Waals surface area contributed by atoms with Gasteiger partial charge in [-0.25, -0.2) is 0 Å². The Morgan fingerprint density at radius 1 is 1.25 bits per heavy atom. The second-order valence-electron chi connectivity index (χ2n) is 4.39. The molecule has 1 aliphatic heterocycles. The van der Waals surface area contributed by atoms with Crippen LogP contribution >= 0.6 is 0 Å². The molecule has 1 saturated heterocycles. The van der Waals surface area contributed by atoms with Gasteiger partial charge in [0.2, 0.25) is 0 Å². The fourth-order valence-electron chi connectivity index (χ4n) is 2.39. The molecule has 1 N–H and O–H groups in total. The molecule has 0 radical (unpaired) electrons. The van der Waals surface area contributed by atoms with E-state index < -0.39 is 0 Å². The zero-order valence-electron chi connectivity index (χ0n) is 8.98. The van der Waals surface area contributed by atoms with Crippen LogP contribution in [0.15, 0.2) is 34.9 Å². The average molecular weight is 218 g/mol. The van der Waals surface area contributed by atoms with E-state index in [4.69, 9.17) is 14.3 Å². The van der Waals surface area contributed by atoms with E-state index in [-0.39, 0.29) is 12.0 Å². The van der Waals surface area contributed by atoms with Crippen LogP contribution in [0.1, 0.15) is 12.0 Å². The van der Waals surface area contributed by atoms with E-state index in [0.717, 1.165) is 17.4 Å². The number of fused-ring (bicyclic) bond motifs is 1. The minimum Gasteiger partial charge on any atom is -0.464 e. The second kappa shape index (κ2) is 3.61. The quantitative estimate of drug-likeness (QED) is 0.857. The first-order chi connectivity index (χ1) is 7.86. The molecule has 1 aliphatic rings. The van der Waals surface area contributed by atoms with Crippen LogP contribution in [0.4, 0.5) is 0 Å². The Hall–Kier alpha value is -1.32. The highest BCUT2D eigenvalue weighted by Crippen LogP contribution is 2.40. The number of aliphatic hydroxyl groups excluding tert-OH is 1. The topological polar surface area (TPSA) is 42.6 Å². The third-order valence-electron chi connectivity index (χ3n) is 3.40. The van der Waals surface area contributed by atoms with Crippen molar-refractivity contribution in [3.8, 4) is 0 Å². The summed E-state index contributed by atoms with van der Waals surface area (Å²) in [5.74, 6) is 0. The molecule has 84 valence electrons. The van der Waals surface area contributed by atoms with Gasteiger partial charge in [-0.1, -0.05) is 18.2 Å². The molecular weight excluding hydrogens is 204 g/mol.